The lowest BCUT2D eigenvalue weighted by Gasteiger charge is -2.31. The van der Waals surface area contributed by atoms with Gasteiger partial charge < -0.3 is 66.3 Å². The van der Waals surface area contributed by atoms with E-state index < -0.39 is 134 Å². The number of benzene rings is 2. The molecule has 0 spiro atoms. The number of carboxylic acids is 2. The predicted molar refractivity (Wildman–Crippen MR) is 301 cm³/mol. The Morgan fingerprint density at radius 3 is 2.14 bits per heavy atom. The van der Waals surface area contributed by atoms with Crippen LogP contribution >= 0.6 is 0 Å². The minimum absolute atomic E-state index is 0.0141. The summed E-state index contributed by atoms with van der Waals surface area (Å²) in [5.74, 6) is -8.95. The smallest absolute Gasteiger partial charge is 0.320 e. The minimum Gasteiger partial charge on any atom is -0.481 e. The fourth-order valence-corrected chi connectivity index (χ4v) is 10.1. The van der Waals surface area contributed by atoms with Crippen molar-refractivity contribution in [1.82, 2.24) is 51.7 Å². The van der Waals surface area contributed by atoms with E-state index in [-0.39, 0.29) is 38.0 Å². The van der Waals surface area contributed by atoms with E-state index in [0.29, 0.717) is 79.8 Å². The molecule has 1 aliphatic carbocycles. The van der Waals surface area contributed by atoms with Gasteiger partial charge in [0.1, 0.15) is 43.6 Å². The highest BCUT2D eigenvalue weighted by Gasteiger charge is 2.37. The van der Waals surface area contributed by atoms with Crippen LogP contribution < -0.4 is 42.8 Å². The summed E-state index contributed by atoms with van der Waals surface area (Å²) in [4.78, 5) is 154. The van der Waals surface area contributed by atoms with Crippen molar-refractivity contribution >= 4 is 76.4 Å². The van der Waals surface area contributed by atoms with Gasteiger partial charge >= 0.3 is 11.9 Å². The molecule has 7 rings (SSSR count). The maximum atomic E-state index is 15.5. The number of carbonyl (C=O) groups is 11. The van der Waals surface area contributed by atoms with Gasteiger partial charge in [-0.05, 0) is 79.5 Å². The molecule has 8 amide bonds. The number of pyridine rings is 2. The molecule has 0 radical (unpaired) electrons. The Hall–Kier alpha value is -9.08. The molecule has 2 aliphatic heterocycles. The fraction of sp³-hybridized carbons (Fsp3) is 0.431. The SMILES string of the molecule is CCC(C=O)c1cc2n(c(=O)c1COC)Cc1c-2nc2cc(F)c(C)c3c2c1C(NC(=O)C(OCNC(=O)CNC(=O)C(Cc1ccccc1)NC(=O)CNC(=O)CNC(=O)CN1C(=O)C=CC1=O)C(C)C)CC3.CNC(CCC(=O)O)C(=O)O. The lowest BCUT2D eigenvalue weighted by atomic mass is 9.81. The Morgan fingerprint density at radius 2 is 1.52 bits per heavy atom. The number of halogens is 1. The van der Waals surface area contributed by atoms with E-state index in [1.165, 1.54) is 20.2 Å². The molecular weight excluding hydrogens is 1110 g/mol. The van der Waals surface area contributed by atoms with Gasteiger partial charge in [-0.25, -0.2) is 9.37 Å². The van der Waals surface area contributed by atoms with Crippen molar-refractivity contribution in [2.24, 2.45) is 5.92 Å². The standard InChI is InChI=1S/C52H58FN9O12.C6H11NO4/c1-6-30(24-63)32-17-39-48-33(22-61(39)52(72)34(32)25-73-5)47-36(13-12-31-28(4)35(53)18-37(59-48)46(31)47)60-51(71)49(27(2)3)74-26-57-41(65)20-56-50(70)38(16-29-10-8-7-9-11-29)58-42(66)21-54-40(64)19-55-43(67)23-62-44(68)14-15-45(62)69;1-7-4(6(10)11)2-3-5(8)9/h7-11,14-15,17-18,24,27,30,36,38,49H,6,12-13,16,19-23,25-26H2,1-5H3,(H,54,64)(H,55,67)(H,56,70)(H,57,65)(H,58,66)(H,60,71);4,7H,2-3H2,1H3,(H,8,9)(H,10,11). The Morgan fingerprint density at radius 1 is 0.859 bits per heavy atom. The van der Waals surface area contributed by atoms with Crippen LogP contribution in [0.1, 0.15) is 97.4 Å². The van der Waals surface area contributed by atoms with Crippen molar-refractivity contribution < 1.29 is 76.8 Å². The number of nitrogens with zero attached hydrogens (tertiary/aromatic N) is 3. The van der Waals surface area contributed by atoms with Crippen LogP contribution in [0.4, 0.5) is 4.39 Å². The number of imide groups is 1. The molecule has 2 aromatic heterocycles. The van der Waals surface area contributed by atoms with Crippen molar-refractivity contribution in [3.05, 3.63) is 110 Å². The van der Waals surface area contributed by atoms with E-state index in [4.69, 9.17) is 24.7 Å². The molecule has 3 aliphatic rings. The number of ether oxygens (including phenoxy) is 2. The average molecular weight is 1180 g/mol. The molecule has 0 fully saturated rings. The van der Waals surface area contributed by atoms with Gasteiger partial charge in [0.25, 0.3) is 17.4 Å². The topological polar surface area (TPSA) is 369 Å². The van der Waals surface area contributed by atoms with Crippen molar-refractivity contribution in [3.8, 4) is 11.4 Å². The third kappa shape index (κ3) is 16.4. The number of aldehydes is 1. The molecule has 2 aromatic carbocycles. The average Bonchev–Trinajstić information content (AvgIpc) is 1.73. The summed E-state index contributed by atoms with van der Waals surface area (Å²) >= 11 is 0. The van der Waals surface area contributed by atoms with E-state index in [1.54, 1.807) is 61.7 Å². The van der Waals surface area contributed by atoms with Crippen molar-refractivity contribution in [2.75, 3.05) is 47.1 Å². The van der Waals surface area contributed by atoms with Crippen LogP contribution in [0.15, 0.2) is 59.4 Å². The number of methoxy groups -OCH3 is 1. The van der Waals surface area contributed by atoms with Crippen LogP contribution in [0.25, 0.3) is 22.3 Å². The largest absolute Gasteiger partial charge is 0.481 e. The maximum absolute atomic E-state index is 15.5. The lowest BCUT2D eigenvalue weighted by Crippen LogP contribution is -2.52. The van der Waals surface area contributed by atoms with Gasteiger partial charge in [0.05, 0.1) is 55.7 Å². The van der Waals surface area contributed by atoms with E-state index >= 15 is 4.39 Å². The molecule has 0 saturated carbocycles. The Labute approximate surface area is 487 Å². The highest BCUT2D eigenvalue weighted by Crippen LogP contribution is 2.45. The number of hydrogen-bond donors (Lipinski definition) is 9. The third-order valence-electron chi connectivity index (χ3n) is 14.5. The van der Waals surface area contributed by atoms with Crippen LogP contribution in [0.5, 0.6) is 0 Å². The number of aryl methyl sites for hydroxylation is 1. The normalized spacial score (nSPS) is 15.1. The molecule has 9 N–H and O–H groups in total. The zero-order valence-electron chi connectivity index (χ0n) is 47.8. The van der Waals surface area contributed by atoms with Crippen molar-refractivity contribution in [1.29, 1.82) is 0 Å². The molecule has 454 valence electrons. The van der Waals surface area contributed by atoms with E-state index in [9.17, 15) is 57.5 Å². The zero-order chi connectivity index (χ0) is 62.2. The van der Waals surface area contributed by atoms with E-state index in [2.05, 4.69) is 37.2 Å². The van der Waals surface area contributed by atoms with Gasteiger partial charge in [-0.15, -0.1) is 0 Å². The van der Waals surface area contributed by atoms with Gasteiger partial charge in [-0.2, -0.15) is 0 Å². The molecule has 26 nitrogen and oxygen atoms in total. The first kappa shape index (κ1) is 65.1. The van der Waals surface area contributed by atoms with Gasteiger partial charge in [-0.3, -0.25) is 57.6 Å². The second-order valence-corrected chi connectivity index (χ2v) is 20.6. The summed E-state index contributed by atoms with van der Waals surface area (Å²) in [7, 11) is 2.96. The van der Waals surface area contributed by atoms with Gasteiger partial charge in [0, 0.05) is 60.6 Å². The third-order valence-corrected chi connectivity index (χ3v) is 14.5. The van der Waals surface area contributed by atoms with E-state index in [1.807, 2.05) is 6.92 Å². The number of aromatic nitrogens is 2. The van der Waals surface area contributed by atoms with Crippen LogP contribution in [0.3, 0.4) is 0 Å². The molecule has 85 heavy (non-hydrogen) atoms. The number of rotatable bonds is 28. The molecule has 0 bridgehead atoms. The molecule has 4 aromatic rings. The highest BCUT2D eigenvalue weighted by atomic mass is 19.1. The zero-order valence-corrected chi connectivity index (χ0v) is 47.8. The minimum atomic E-state index is -1.20. The first-order valence-corrected chi connectivity index (χ1v) is 27.4. The summed E-state index contributed by atoms with van der Waals surface area (Å²) in [6.07, 6.45) is 3.00. The Bertz CT molecular complexity index is 3330. The molecular formula is C58H69FN10O16. The Balaban J connectivity index is 0.000000952. The first-order valence-electron chi connectivity index (χ1n) is 27.4. The number of amides is 8. The summed E-state index contributed by atoms with van der Waals surface area (Å²) in [5, 5.41) is 35.1. The number of carboxylic acid groups (broad SMARTS) is 2. The predicted octanol–water partition coefficient (Wildman–Crippen LogP) is 0.455. The summed E-state index contributed by atoms with van der Waals surface area (Å²) in [6, 6.07) is 9.28. The number of fused-ring (bicyclic) bond motifs is 4. The number of aliphatic carboxylic acids is 2. The van der Waals surface area contributed by atoms with Crippen LogP contribution in [-0.4, -0.2) is 155 Å². The number of nitrogens with one attached hydrogen (secondary N) is 7. The summed E-state index contributed by atoms with van der Waals surface area (Å²) in [6.45, 7) is 4.47. The van der Waals surface area contributed by atoms with Crippen LogP contribution in [-0.2, 0) is 88.2 Å². The van der Waals surface area contributed by atoms with Gasteiger partial charge in [-0.1, -0.05) is 51.1 Å². The van der Waals surface area contributed by atoms with Crippen molar-refractivity contribution in [2.45, 2.75) is 110 Å². The molecule has 5 atom stereocenters. The molecule has 27 heteroatoms. The lowest BCUT2D eigenvalue weighted by molar-refractivity contribution is -0.142. The second-order valence-electron chi connectivity index (χ2n) is 20.6. The molecule has 4 heterocycles. The molecule has 5 unspecified atom stereocenters. The second kappa shape index (κ2) is 29.9. The van der Waals surface area contributed by atoms with Gasteiger partial charge in [0.2, 0.25) is 35.4 Å². The Kier molecular flexibility index (Phi) is 22.9. The number of carbonyl (C=O) groups excluding carboxylic acids is 9. The van der Waals surface area contributed by atoms with Gasteiger partial charge in [0.15, 0.2) is 0 Å². The number of likely N-dealkylation sites (N-methyl/N-ethyl adjacent to an activating group) is 1. The monoisotopic (exact) mass is 1180 g/mol. The van der Waals surface area contributed by atoms with Crippen LogP contribution in [0.2, 0.25) is 0 Å². The van der Waals surface area contributed by atoms with E-state index in [0.717, 1.165) is 24.0 Å². The first-order chi connectivity index (χ1) is 40.5. The maximum Gasteiger partial charge on any atom is 0.320 e. The highest BCUT2D eigenvalue weighted by molar-refractivity contribution is 6.14. The fourth-order valence-electron chi connectivity index (χ4n) is 10.1. The number of hydrogen-bond acceptors (Lipinski definition) is 16. The van der Waals surface area contributed by atoms with Crippen LogP contribution in [0, 0.1) is 18.7 Å². The molecule has 0 saturated heterocycles. The quantitative estimate of drug-likeness (QED) is 0.0187. The van der Waals surface area contributed by atoms with Crippen molar-refractivity contribution in [3.63, 3.8) is 0 Å². The summed E-state index contributed by atoms with van der Waals surface area (Å²) < 4.78 is 28.4. The summed E-state index contributed by atoms with van der Waals surface area (Å²) in [5.41, 5.74) is 5.11.